The van der Waals surface area contributed by atoms with E-state index in [1.54, 1.807) is 0 Å². The predicted octanol–water partition coefficient (Wildman–Crippen LogP) is 2.27. The molecular weight excluding hydrogens is 256 g/mol. The lowest BCUT2D eigenvalue weighted by atomic mass is 10.2. The Balaban J connectivity index is 1.57. The maximum Gasteiger partial charge on any atom is 0.242 e. The van der Waals surface area contributed by atoms with Crippen LogP contribution >= 0.6 is 0 Å². The zero-order valence-electron chi connectivity index (χ0n) is 11.6. The molecule has 2 N–H and O–H groups in total. The molecule has 0 aromatic heterocycles. The van der Waals surface area contributed by atoms with E-state index in [2.05, 4.69) is 10.6 Å². The molecule has 1 unspecified atom stereocenters. The molecule has 1 aromatic rings. The molecule has 1 saturated carbocycles. The van der Waals surface area contributed by atoms with Crippen LogP contribution in [0.2, 0.25) is 0 Å². The van der Waals surface area contributed by atoms with Gasteiger partial charge in [0.2, 0.25) is 12.7 Å². The summed E-state index contributed by atoms with van der Waals surface area (Å²) in [6, 6.07) is 5.69. The zero-order chi connectivity index (χ0) is 13.9. The number of anilines is 1. The Kier molecular flexibility index (Phi) is 3.67. The van der Waals surface area contributed by atoms with Gasteiger partial charge in [0.05, 0.1) is 0 Å². The Morgan fingerprint density at radius 1 is 1.25 bits per heavy atom. The van der Waals surface area contributed by atoms with Crippen LogP contribution in [0.4, 0.5) is 5.69 Å². The van der Waals surface area contributed by atoms with Gasteiger partial charge in [-0.1, -0.05) is 12.8 Å². The van der Waals surface area contributed by atoms with Gasteiger partial charge in [0.1, 0.15) is 6.04 Å². The van der Waals surface area contributed by atoms with Crippen LogP contribution in [0.5, 0.6) is 11.5 Å². The first-order valence-electron chi connectivity index (χ1n) is 7.19. The van der Waals surface area contributed by atoms with E-state index >= 15 is 0 Å². The molecular formula is C15H20N2O3. The highest BCUT2D eigenvalue weighted by Gasteiger charge is 2.21. The Morgan fingerprint density at radius 2 is 2.00 bits per heavy atom. The van der Waals surface area contributed by atoms with Crippen molar-refractivity contribution in [3.8, 4) is 11.5 Å². The molecule has 5 nitrogen and oxygen atoms in total. The summed E-state index contributed by atoms with van der Waals surface area (Å²) in [4.78, 5) is 12.1. The maximum atomic E-state index is 12.1. The lowest BCUT2D eigenvalue weighted by Gasteiger charge is -2.18. The van der Waals surface area contributed by atoms with Crippen molar-refractivity contribution in [2.75, 3.05) is 12.1 Å². The van der Waals surface area contributed by atoms with E-state index in [9.17, 15) is 4.79 Å². The first-order chi connectivity index (χ1) is 9.72. The van der Waals surface area contributed by atoms with Crippen molar-refractivity contribution in [2.24, 2.45) is 0 Å². The minimum absolute atomic E-state index is 0.0505. The molecule has 1 aromatic carbocycles. The zero-order valence-corrected chi connectivity index (χ0v) is 11.6. The van der Waals surface area contributed by atoms with Crippen molar-refractivity contribution in [3.63, 3.8) is 0 Å². The van der Waals surface area contributed by atoms with Crippen molar-refractivity contribution in [1.82, 2.24) is 5.32 Å². The van der Waals surface area contributed by atoms with E-state index in [1.165, 1.54) is 12.8 Å². The first-order valence-corrected chi connectivity index (χ1v) is 7.19. The topological polar surface area (TPSA) is 59.6 Å². The number of ether oxygens (including phenoxy) is 2. The molecule has 0 spiro atoms. The molecule has 5 heteroatoms. The molecule has 1 atom stereocenters. The second-order valence-electron chi connectivity index (χ2n) is 5.42. The van der Waals surface area contributed by atoms with Gasteiger partial charge in [-0.3, -0.25) is 4.79 Å². The van der Waals surface area contributed by atoms with Gasteiger partial charge in [-0.15, -0.1) is 0 Å². The fraction of sp³-hybridized carbons (Fsp3) is 0.533. The highest BCUT2D eigenvalue weighted by atomic mass is 16.7. The summed E-state index contributed by atoms with van der Waals surface area (Å²) in [6.45, 7) is 2.13. The van der Waals surface area contributed by atoms with Gasteiger partial charge in [0.15, 0.2) is 11.5 Å². The van der Waals surface area contributed by atoms with Gasteiger partial charge in [0, 0.05) is 17.8 Å². The van der Waals surface area contributed by atoms with E-state index in [-0.39, 0.29) is 18.7 Å². The summed E-state index contributed by atoms with van der Waals surface area (Å²) in [5, 5.41) is 6.29. The minimum atomic E-state index is -0.268. The summed E-state index contributed by atoms with van der Waals surface area (Å²) in [7, 11) is 0. The van der Waals surface area contributed by atoms with Crippen molar-refractivity contribution >= 4 is 11.6 Å². The summed E-state index contributed by atoms with van der Waals surface area (Å²) in [5.74, 6) is 1.52. The molecule has 1 aliphatic heterocycles. The number of carbonyl (C=O) groups is 1. The Bertz CT molecular complexity index is 498. The lowest BCUT2D eigenvalue weighted by Crippen LogP contribution is -2.42. The van der Waals surface area contributed by atoms with Crippen LogP contribution in [0.25, 0.3) is 0 Å². The van der Waals surface area contributed by atoms with Gasteiger partial charge in [-0.05, 0) is 31.9 Å². The largest absolute Gasteiger partial charge is 0.454 e. The maximum absolute atomic E-state index is 12.1. The number of carbonyl (C=O) groups excluding carboxylic acids is 1. The predicted molar refractivity (Wildman–Crippen MR) is 76.0 cm³/mol. The quantitative estimate of drug-likeness (QED) is 0.885. The van der Waals surface area contributed by atoms with E-state index < -0.39 is 0 Å². The van der Waals surface area contributed by atoms with Crippen LogP contribution in [-0.4, -0.2) is 24.8 Å². The second kappa shape index (κ2) is 5.61. The van der Waals surface area contributed by atoms with Crippen molar-refractivity contribution < 1.29 is 14.3 Å². The van der Waals surface area contributed by atoms with Gasteiger partial charge in [-0.25, -0.2) is 0 Å². The second-order valence-corrected chi connectivity index (χ2v) is 5.42. The Morgan fingerprint density at radius 3 is 2.80 bits per heavy atom. The molecule has 20 heavy (non-hydrogen) atoms. The number of fused-ring (bicyclic) bond motifs is 1. The molecule has 108 valence electrons. The summed E-state index contributed by atoms with van der Waals surface area (Å²) >= 11 is 0. The van der Waals surface area contributed by atoms with E-state index in [0.717, 1.165) is 30.0 Å². The third-order valence-corrected chi connectivity index (χ3v) is 3.85. The lowest BCUT2D eigenvalue weighted by molar-refractivity contribution is -0.122. The molecule has 0 bridgehead atoms. The third-order valence-electron chi connectivity index (χ3n) is 3.85. The number of hydrogen-bond donors (Lipinski definition) is 2. The van der Waals surface area contributed by atoms with Crippen molar-refractivity contribution in [3.05, 3.63) is 18.2 Å². The standard InChI is InChI=1S/C15H20N2O3/c1-10(15(18)17-11-4-2-3-5-11)16-12-6-7-13-14(8-12)20-9-19-13/h6-8,10-11,16H,2-5,9H2,1H3,(H,17,18). The van der Waals surface area contributed by atoms with Gasteiger partial charge >= 0.3 is 0 Å². The molecule has 1 amide bonds. The van der Waals surface area contributed by atoms with Crippen LogP contribution in [0, 0.1) is 0 Å². The fourth-order valence-electron chi connectivity index (χ4n) is 2.70. The van der Waals surface area contributed by atoms with E-state index in [1.807, 2.05) is 25.1 Å². The SMILES string of the molecule is CC(Nc1ccc2c(c1)OCO2)C(=O)NC1CCCC1. The first kappa shape index (κ1) is 13.1. The van der Waals surface area contributed by atoms with Crippen molar-refractivity contribution in [2.45, 2.75) is 44.7 Å². The van der Waals surface area contributed by atoms with Crippen LogP contribution in [-0.2, 0) is 4.79 Å². The molecule has 1 fully saturated rings. The summed E-state index contributed by atoms with van der Waals surface area (Å²) < 4.78 is 10.6. The average Bonchev–Trinajstić information content (AvgIpc) is 3.08. The number of amides is 1. The number of rotatable bonds is 4. The van der Waals surface area contributed by atoms with Gasteiger partial charge in [-0.2, -0.15) is 0 Å². The molecule has 1 aliphatic carbocycles. The van der Waals surface area contributed by atoms with E-state index in [0.29, 0.717) is 6.04 Å². The number of benzene rings is 1. The molecule has 3 rings (SSSR count). The summed E-state index contributed by atoms with van der Waals surface area (Å²) in [6.07, 6.45) is 4.63. The minimum Gasteiger partial charge on any atom is -0.454 e. The van der Waals surface area contributed by atoms with Crippen LogP contribution in [0.1, 0.15) is 32.6 Å². The molecule has 1 heterocycles. The smallest absolute Gasteiger partial charge is 0.242 e. The third kappa shape index (κ3) is 2.81. The van der Waals surface area contributed by atoms with Crippen LogP contribution < -0.4 is 20.1 Å². The molecule has 2 aliphatic rings. The van der Waals surface area contributed by atoms with Gasteiger partial charge in [0.25, 0.3) is 0 Å². The van der Waals surface area contributed by atoms with Crippen LogP contribution in [0.15, 0.2) is 18.2 Å². The highest BCUT2D eigenvalue weighted by molar-refractivity contribution is 5.84. The normalized spacial score (nSPS) is 18.9. The highest BCUT2D eigenvalue weighted by Crippen LogP contribution is 2.34. The van der Waals surface area contributed by atoms with Gasteiger partial charge < -0.3 is 20.1 Å². The van der Waals surface area contributed by atoms with E-state index in [4.69, 9.17) is 9.47 Å². The summed E-state index contributed by atoms with van der Waals surface area (Å²) in [5.41, 5.74) is 0.864. The Labute approximate surface area is 118 Å². The van der Waals surface area contributed by atoms with Crippen molar-refractivity contribution in [1.29, 1.82) is 0 Å². The van der Waals surface area contributed by atoms with Crippen LogP contribution in [0.3, 0.4) is 0 Å². The molecule has 0 radical (unpaired) electrons. The Hall–Kier alpha value is -1.91. The fourth-order valence-corrected chi connectivity index (χ4v) is 2.70. The molecule has 0 saturated heterocycles. The average molecular weight is 276 g/mol. The number of nitrogens with one attached hydrogen (secondary N) is 2. The monoisotopic (exact) mass is 276 g/mol. The number of hydrogen-bond acceptors (Lipinski definition) is 4.